The van der Waals surface area contributed by atoms with E-state index >= 15 is 0 Å². The molecule has 3 atom stereocenters. The second kappa shape index (κ2) is 9.72. The van der Waals surface area contributed by atoms with Gasteiger partial charge in [-0.1, -0.05) is 24.1 Å². The highest BCUT2D eigenvalue weighted by molar-refractivity contribution is 6.31. The van der Waals surface area contributed by atoms with Crippen molar-refractivity contribution in [3.8, 4) is 5.75 Å². The van der Waals surface area contributed by atoms with E-state index in [9.17, 15) is 18.8 Å². The number of piperidine rings is 1. The van der Waals surface area contributed by atoms with Gasteiger partial charge in [0.05, 0.1) is 0 Å². The van der Waals surface area contributed by atoms with Gasteiger partial charge in [-0.05, 0) is 67.1 Å². The number of benzene rings is 2. The van der Waals surface area contributed by atoms with E-state index in [0.717, 1.165) is 55.6 Å². The first-order valence-corrected chi connectivity index (χ1v) is 13.4. The molecule has 1 aliphatic carbocycles. The molecule has 194 valence electrons. The summed E-state index contributed by atoms with van der Waals surface area (Å²) in [4.78, 5) is 40.8. The minimum absolute atomic E-state index is 0.0415. The van der Waals surface area contributed by atoms with Crippen molar-refractivity contribution in [2.45, 2.75) is 69.2 Å². The number of carbonyl (C=O) groups is 3. The Kier molecular flexibility index (Phi) is 6.41. The third-order valence-corrected chi connectivity index (χ3v) is 8.56. The Labute approximate surface area is 219 Å². The number of ether oxygens (including phenoxy) is 1. The number of imide groups is 1. The van der Waals surface area contributed by atoms with Crippen molar-refractivity contribution in [2.75, 3.05) is 13.1 Å². The summed E-state index contributed by atoms with van der Waals surface area (Å²) in [5.41, 5.74) is 2.42. The highest BCUT2D eigenvalue weighted by Gasteiger charge is 2.41. The van der Waals surface area contributed by atoms with Gasteiger partial charge in [0.15, 0.2) is 0 Å². The van der Waals surface area contributed by atoms with Crippen molar-refractivity contribution >= 4 is 29.3 Å². The van der Waals surface area contributed by atoms with E-state index in [4.69, 9.17) is 16.3 Å². The number of carbonyl (C=O) groups excluding carboxylic acids is 3. The van der Waals surface area contributed by atoms with E-state index in [1.54, 1.807) is 17.0 Å². The molecule has 6 rings (SSSR count). The molecular weight excluding hydrogens is 497 g/mol. The molecule has 2 aromatic rings. The fourth-order valence-electron chi connectivity index (χ4n) is 6.24. The molecule has 0 radical (unpaired) electrons. The molecule has 2 saturated heterocycles. The summed E-state index contributed by atoms with van der Waals surface area (Å²) in [7, 11) is 0. The number of nitrogens with zero attached hydrogens (tertiary/aromatic N) is 2. The Bertz CT molecular complexity index is 1260. The normalized spacial score (nSPS) is 26.6. The maximum Gasteiger partial charge on any atom is 0.255 e. The number of likely N-dealkylation sites (tertiary alicyclic amines) is 1. The molecule has 3 fully saturated rings. The van der Waals surface area contributed by atoms with Gasteiger partial charge in [-0.25, -0.2) is 4.39 Å². The van der Waals surface area contributed by atoms with Gasteiger partial charge in [-0.2, -0.15) is 0 Å². The maximum absolute atomic E-state index is 13.4. The first kappa shape index (κ1) is 24.4. The molecule has 3 aliphatic heterocycles. The number of fused-ring (bicyclic) bond motifs is 1. The van der Waals surface area contributed by atoms with E-state index in [0.29, 0.717) is 35.5 Å². The summed E-state index contributed by atoms with van der Waals surface area (Å²) in [5.74, 6) is -0.182. The van der Waals surface area contributed by atoms with Crippen LogP contribution in [-0.4, -0.2) is 58.8 Å². The summed E-state index contributed by atoms with van der Waals surface area (Å²) in [6, 6.07) is 9.85. The number of rotatable bonds is 5. The lowest BCUT2D eigenvalue weighted by molar-refractivity contribution is -0.136. The second-order valence-electron chi connectivity index (χ2n) is 10.5. The van der Waals surface area contributed by atoms with Gasteiger partial charge in [0.25, 0.3) is 5.91 Å². The van der Waals surface area contributed by atoms with Gasteiger partial charge in [0.1, 0.15) is 23.7 Å². The molecule has 0 aromatic heterocycles. The maximum atomic E-state index is 13.4. The van der Waals surface area contributed by atoms with Crippen molar-refractivity contribution in [1.82, 2.24) is 15.1 Å². The molecule has 1 unspecified atom stereocenters. The predicted octanol–water partition coefficient (Wildman–Crippen LogP) is 4.03. The number of hydrogen-bond acceptors (Lipinski definition) is 5. The van der Waals surface area contributed by atoms with Crippen LogP contribution < -0.4 is 10.1 Å². The Morgan fingerprint density at radius 2 is 1.81 bits per heavy atom. The first-order valence-electron chi connectivity index (χ1n) is 13.0. The first-order chi connectivity index (χ1) is 17.9. The van der Waals surface area contributed by atoms with Gasteiger partial charge >= 0.3 is 0 Å². The highest BCUT2D eigenvalue weighted by atomic mass is 35.5. The Balaban J connectivity index is 1.12. The van der Waals surface area contributed by atoms with Crippen molar-refractivity contribution in [1.29, 1.82) is 0 Å². The SMILES string of the molecule is O=C1CCC(N2Cc3cc(O[C@@H]4CCCC[C@H]4N4CC(c5ccc(F)cc5Cl)C4)ccc3C2=O)C(=O)N1. The van der Waals surface area contributed by atoms with Crippen molar-refractivity contribution < 1.29 is 23.5 Å². The highest BCUT2D eigenvalue weighted by Crippen LogP contribution is 2.38. The number of halogens is 2. The molecule has 37 heavy (non-hydrogen) atoms. The van der Waals surface area contributed by atoms with E-state index in [-0.39, 0.29) is 30.2 Å². The summed E-state index contributed by atoms with van der Waals surface area (Å²) < 4.78 is 20.0. The van der Waals surface area contributed by atoms with Gasteiger partial charge in [-0.15, -0.1) is 0 Å². The zero-order valence-corrected chi connectivity index (χ0v) is 21.2. The van der Waals surface area contributed by atoms with Crippen LogP contribution in [0.1, 0.15) is 65.9 Å². The second-order valence-corrected chi connectivity index (χ2v) is 11.0. The fraction of sp³-hybridized carbons (Fsp3) is 0.464. The molecule has 0 bridgehead atoms. The minimum Gasteiger partial charge on any atom is -0.489 e. The zero-order valence-electron chi connectivity index (χ0n) is 20.4. The average Bonchev–Trinajstić information content (AvgIpc) is 3.16. The van der Waals surface area contributed by atoms with Crippen LogP contribution in [0.2, 0.25) is 5.02 Å². The van der Waals surface area contributed by atoms with Gasteiger partial charge in [-0.3, -0.25) is 24.6 Å². The number of hydrogen-bond donors (Lipinski definition) is 1. The number of nitrogens with one attached hydrogen (secondary N) is 1. The summed E-state index contributed by atoms with van der Waals surface area (Å²) >= 11 is 6.29. The lowest BCUT2D eigenvalue weighted by atomic mass is 9.84. The lowest BCUT2D eigenvalue weighted by Gasteiger charge is -2.48. The molecular formula is C28H29ClFN3O4. The third-order valence-electron chi connectivity index (χ3n) is 8.23. The van der Waals surface area contributed by atoms with E-state index in [1.165, 1.54) is 12.1 Å². The van der Waals surface area contributed by atoms with Crippen LogP contribution in [0.25, 0.3) is 0 Å². The molecule has 2 aromatic carbocycles. The predicted molar refractivity (Wildman–Crippen MR) is 135 cm³/mol. The molecule has 1 N–H and O–H groups in total. The summed E-state index contributed by atoms with van der Waals surface area (Å²) in [6.07, 6.45) is 4.90. The van der Waals surface area contributed by atoms with E-state index < -0.39 is 11.9 Å². The standard InChI is InChI=1S/C28H29ClFN3O4/c29-22-12-18(30)5-7-20(22)17-13-32(14-17)23-3-1-2-4-25(23)37-19-6-8-21-16(11-19)15-33(28(21)36)24-9-10-26(34)31-27(24)35/h5-8,11-12,17,23-25H,1-4,9-10,13-15H2,(H,31,34,35)/t23-,24?,25-/m1/s1. The van der Waals surface area contributed by atoms with E-state index in [2.05, 4.69) is 10.2 Å². The monoisotopic (exact) mass is 525 g/mol. The number of amides is 3. The molecule has 0 spiro atoms. The molecule has 3 amide bonds. The van der Waals surface area contributed by atoms with Gasteiger partial charge < -0.3 is 9.64 Å². The Morgan fingerprint density at radius 1 is 1.00 bits per heavy atom. The lowest BCUT2D eigenvalue weighted by Crippen LogP contribution is -2.57. The van der Waals surface area contributed by atoms with Crippen molar-refractivity contribution in [3.63, 3.8) is 0 Å². The van der Waals surface area contributed by atoms with Crippen LogP contribution in [0.3, 0.4) is 0 Å². The quantitative estimate of drug-likeness (QED) is 0.596. The van der Waals surface area contributed by atoms with Crippen LogP contribution in [0.15, 0.2) is 36.4 Å². The smallest absolute Gasteiger partial charge is 0.255 e. The van der Waals surface area contributed by atoms with Crippen LogP contribution in [0, 0.1) is 5.82 Å². The molecule has 1 saturated carbocycles. The van der Waals surface area contributed by atoms with Crippen LogP contribution in [0.4, 0.5) is 4.39 Å². The molecule has 4 aliphatic rings. The van der Waals surface area contributed by atoms with Crippen molar-refractivity contribution in [3.05, 3.63) is 63.9 Å². The van der Waals surface area contributed by atoms with Crippen molar-refractivity contribution in [2.24, 2.45) is 0 Å². The Hall–Kier alpha value is -2.97. The average molecular weight is 526 g/mol. The van der Waals surface area contributed by atoms with Crippen LogP contribution >= 0.6 is 11.6 Å². The van der Waals surface area contributed by atoms with Gasteiger partial charge in [0, 0.05) is 48.6 Å². The molecule has 3 heterocycles. The van der Waals surface area contributed by atoms with Crippen LogP contribution in [0.5, 0.6) is 5.75 Å². The molecule has 9 heteroatoms. The topological polar surface area (TPSA) is 79.0 Å². The zero-order chi connectivity index (χ0) is 25.7. The third kappa shape index (κ3) is 4.61. The Morgan fingerprint density at radius 3 is 2.59 bits per heavy atom. The minimum atomic E-state index is -0.626. The van der Waals surface area contributed by atoms with Crippen LogP contribution in [-0.2, 0) is 16.1 Å². The summed E-state index contributed by atoms with van der Waals surface area (Å²) in [5, 5.41) is 2.83. The molecule has 7 nitrogen and oxygen atoms in total. The van der Waals surface area contributed by atoms with E-state index in [1.807, 2.05) is 12.1 Å². The fourth-order valence-corrected chi connectivity index (χ4v) is 6.57. The summed E-state index contributed by atoms with van der Waals surface area (Å²) in [6.45, 7) is 2.07. The largest absolute Gasteiger partial charge is 0.489 e. The van der Waals surface area contributed by atoms with Gasteiger partial charge in [0.2, 0.25) is 11.8 Å².